The number of amides is 1. The molecule has 5 saturated heterocycles. The number of carbonyl (C=O) groups is 1. The number of piperidine rings is 3. The van der Waals surface area contributed by atoms with Crippen molar-refractivity contribution in [3.63, 3.8) is 0 Å². The number of rotatable bonds is 17. The van der Waals surface area contributed by atoms with E-state index in [1.54, 1.807) is 52.7 Å². The van der Waals surface area contributed by atoms with Gasteiger partial charge in [-0.25, -0.2) is 17.9 Å². The average Bonchev–Trinajstić information content (AvgIpc) is 1.82. The molecule has 6 aliphatic heterocycles. The normalized spacial score (nSPS) is 19.8. The SMILES string of the molecule is CN(c1nnc(-c2ccc(-n3cccn3)cc2Cl)s1)C1CC(C)(C)NC(C)(C)C1.COc1cc(-c2cn[nH]c2)c(F)c(F)c1-c1nnc(N(C)C2CC(C)(C)NC(C)(C)C2)s1.COc1cc(-c2cn[nH]c2)cc(F)c1-c1nnc(N2C[C@H]3CN(C)C[C@H]3C2)s1.COc1ccc2c(c1)CCN(c1nnc(N(C)C3CC(C)(C)NC(C)(C)C3)s1)C2=O. The lowest BCUT2D eigenvalue weighted by Gasteiger charge is -2.48. The van der Waals surface area contributed by atoms with Crippen molar-refractivity contribution in [1.29, 1.82) is 0 Å². The molecule has 0 unspecified atom stereocenters. The molecule has 7 aromatic heterocycles. The molecule has 0 bridgehead atoms. The summed E-state index contributed by atoms with van der Waals surface area (Å²) >= 11 is 12.3. The van der Waals surface area contributed by atoms with Gasteiger partial charge in [0, 0.05) is 158 Å². The summed E-state index contributed by atoms with van der Waals surface area (Å²) < 4.78 is 63.1. The van der Waals surface area contributed by atoms with E-state index in [0.29, 0.717) is 78.8 Å². The van der Waals surface area contributed by atoms with Gasteiger partial charge in [-0.05, 0) is 219 Å². The van der Waals surface area contributed by atoms with Crippen LogP contribution in [0.25, 0.3) is 59.7 Å². The van der Waals surface area contributed by atoms with Crippen molar-refractivity contribution in [2.45, 2.75) is 179 Å². The Bertz CT molecular complexity index is 5300. The first kappa shape index (κ1) is 86.1. The maximum Gasteiger partial charge on any atom is 0.260 e. The second-order valence-corrected chi connectivity index (χ2v) is 40.1. The number of hydrogen-bond acceptors (Lipinski definition) is 27. The Kier molecular flexibility index (Phi) is 24.9. The molecule has 5 N–H and O–H groups in total. The lowest BCUT2D eigenvalue weighted by molar-refractivity contribution is 0.0980. The van der Waals surface area contributed by atoms with Crippen LogP contribution in [0.3, 0.4) is 0 Å². The van der Waals surface area contributed by atoms with E-state index in [1.165, 1.54) is 72.8 Å². The number of benzene rings is 4. The molecule has 27 nitrogen and oxygen atoms in total. The number of halogens is 4. The summed E-state index contributed by atoms with van der Waals surface area (Å²) in [4.78, 5) is 26.1. The highest BCUT2D eigenvalue weighted by molar-refractivity contribution is 7.19. The third kappa shape index (κ3) is 19.4. The number of aromatic amines is 2. The molecule has 0 spiro atoms. The highest BCUT2D eigenvalue weighted by Crippen LogP contribution is 2.47. The van der Waals surface area contributed by atoms with Gasteiger partial charge in [-0.15, -0.1) is 40.8 Å². The number of aromatic nitrogens is 14. The zero-order chi connectivity index (χ0) is 85.0. The van der Waals surface area contributed by atoms with Crippen molar-refractivity contribution >= 4 is 88.5 Å². The maximum absolute atomic E-state index is 15.2. The first-order chi connectivity index (χ1) is 56.3. The number of nitrogens with one attached hydrogen (secondary N) is 5. The molecule has 0 saturated carbocycles. The maximum atomic E-state index is 15.2. The quantitative estimate of drug-likeness (QED) is 0.0566. The summed E-state index contributed by atoms with van der Waals surface area (Å²) in [6, 6.07) is 19.2. The van der Waals surface area contributed by atoms with Crippen molar-refractivity contribution < 1.29 is 32.2 Å². The zero-order valence-corrected chi connectivity index (χ0v) is 75.0. The average molecular weight is 1720 g/mol. The van der Waals surface area contributed by atoms with Crippen molar-refractivity contribution in [3.05, 3.63) is 131 Å². The number of carbonyl (C=O) groups excluding carboxylic acids is 1. The van der Waals surface area contributed by atoms with Crippen LogP contribution < -0.4 is 54.7 Å². The van der Waals surface area contributed by atoms with E-state index < -0.39 is 11.6 Å². The van der Waals surface area contributed by atoms with Crippen LogP contribution in [-0.4, -0.2) is 215 Å². The van der Waals surface area contributed by atoms with E-state index >= 15 is 8.78 Å². The molecule has 1 amide bonds. The number of likely N-dealkylation sites (tertiary alicyclic amines) is 1. The summed E-state index contributed by atoms with van der Waals surface area (Å²) in [5, 5.41) is 69.5. The molecule has 0 radical (unpaired) electrons. The fraction of sp³-hybridized carbons (Fsp3) is 0.500. The lowest BCUT2D eigenvalue weighted by Crippen LogP contribution is -2.61. The van der Waals surface area contributed by atoms with Crippen molar-refractivity contribution in [1.82, 2.24) is 91.8 Å². The standard InChI is InChI=1S/C22H28F2N6OS.C22H31N5O2S.C21H27ClN6S.C19H21FN6OS/c1-21(2)8-13(9-22(3,4)29-21)30(5)20-28-27-19(32-20)16-15(31-6)7-14(17(23)18(16)24)12-10-25-26-11-12;1-21(2)12-15(13-22(3,4)25-21)26(5)19-23-24-20(30-19)27-10-9-14-11-16(29-6)7-8-17(14)18(27)28;1-20(2)12-15(13-21(3,4)26-20)27(5)19-25-24-18(29-19)16-8-7-14(11-17(16)22)28-10-6-9-23-28;1-25-7-13-9-26(10-14(13)8-25)19-24-23-18(28-19)17-15(20)3-11(4-16(17)27-2)12-5-21-22-6-12/h7,10-11,13,29H,8-9H2,1-6H3,(H,25,26);7-8,11,15,25H,9-10,12-13H2,1-6H3;6-11,15,26H,12-13H2,1-5H3;3-6,13-14H,7-10H2,1-2H3,(H,21,22)/t;;;13-,14+. The Morgan fingerprint density at radius 3 is 1.55 bits per heavy atom. The van der Waals surface area contributed by atoms with E-state index in [-0.39, 0.29) is 72.9 Å². The summed E-state index contributed by atoms with van der Waals surface area (Å²) in [6.07, 6.45) is 16.7. The molecular weight excluding hydrogens is 1620 g/mol. The minimum Gasteiger partial charge on any atom is -0.497 e. The molecule has 13 heterocycles. The number of hydrogen-bond donors (Lipinski definition) is 5. The lowest BCUT2D eigenvalue weighted by atomic mass is 9.79. The first-order valence-electron chi connectivity index (χ1n) is 39.9. The topological polar surface area (TPSA) is 279 Å². The Morgan fingerprint density at radius 2 is 1.03 bits per heavy atom. The van der Waals surface area contributed by atoms with E-state index in [1.807, 2.05) is 55.7 Å². The second-order valence-electron chi connectivity index (χ2n) is 35.9. The summed E-state index contributed by atoms with van der Waals surface area (Å²) in [7, 11) is 13.0. The zero-order valence-electron chi connectivity index (χ0n) is 70.9. The number of H-pyrrole nitrogens is 2. The van der Waals surface area contributed by atoms with Crippen LogP contribution in [0, 0.1) is 29.3 Å². The van der Waals surface area contributed by atoms with E-state index in [2.05, 4.69) is 211 Å². The van der Waals surface area contributed by atoms with Crippen LogP contribution in [0.1, 0.15) is 138 Å². The predicted molar refractivity (Wildman–Crippen MR) is 469 cm³/mol. The Balaban J connectivity index is 0.000000130. The summed E-state index contributed by atoms with van der Waals surface area (Å²) in [5.74, 6) is 0.377. The molecule has 2 atom stereocenters. The largest absolute Gasteiger partial charge is 0.497 e. The van der Waals surface area contributed by atoms with Gasteiger partial charge in [0.2, 0.25) is 25.7 Å². The second kappa shape index (κ2) is 34.3. The van der Waals surface area contributed by atoms with Gasteiger partial charge in [-0.1, -0.05) is 56.9 Å². The Morgan fingerprint density at radius 1 is 0.521 bits per heavy atom. The molecular formula is C84H107ClF3N23O4S4. The van der Waals surface area contributed by atoms with Gasteiger partial charge in [0.05, 0.1) is 55.6 Å². The monoisotopic (exact) mass is 1720 g/mol. The van der Waals surface area contributed by atoms with Crippen molar-refractivity contribution in [2.24, 2.45) is 11.8 Å². The van der Waals surface area contributed by atoms with Gasteiger partial charge in [0.1, 0.15) is 23.1 Å². The van der Waals surface area contributed by atoms with Crippen molar-refractivity contribution in [2.75, 3.05) is 107 Å². The van der Waals surface area contributed by atoms with Gasteiger partial charge >= 0.3 is 0 Å². The molecule has 119 heavy (non-hydrogen) atoms. The highest BCUT2D eigenvalue weighted by Gasteiger charge is 2.45. The number of methoxy groups -OCH3 is 3. The smallest absolute Gasteiger partial charge is 0.260 e. The minimum absolute atomic E-state index is 0.0200. The molecule has 11 aromatic rings. The van der Waals surface area contributed by atoms with Gasteiger partial charge in [-0.3, -0.25) is 19.9 Å². The van der Waals surface area contributed by atoms with Gasteiger partial charge in [-0.2, -0.15) is 15.3 Å². The van der Waals surface area contributed by atoms with Gasteiger partial charge in [0.15, 0.2) is 26.7 Å². The molecule has 17 rings (SSSR count). The van der Waals surface area contributed by atoms with E-state index in [9.17, 15) is 9.18 Å². The molecule has 4 aromatic carbocycles. The predicted octanol–water partition coefficient (Wildman–Crippen LogP) is 15.7. The fourth-order valence-electron chi connectivity index (χ4n) is 18.4. The molecule has 5 fully saturated rings. The van der Waals surface area contributed by atoms with Crippen LogP contribution in [0.5, 0.6) is 17.2 Å². The molecule has 6 aliphatic rings. The fourth-order valence-corrected chi connectivity index (χ4v) is 22.4. The highest BCUT2D eigenvalue weighted by atomic mass is 35.5. The van der Waals surface area contributed by atoms with Gasteiger partial charge in [0.25, 0.3) is 5.91 Å². The number of anilines is 5. The van der Waals surface area contributed by atoms with Crippen LogP contribution in [0.4, 0.5) is 38.8 Å². The van der Waals surface area contributed by atoms with E-state index in [0.717, 1.165) is 120 Å². The van der Waals surface area contributed by atoms with Crippen LogP contribution in [0.15, 0.2) is 97.8 Å². The number of fused-ring (bicyclic) bond motifs is 2. The third-order valence-electron chi connectivity index (χ3n) is 22.9. The third-order valence-corrected chi connectivity index (χ3v) is 27.4. The number of nitrogens with zero attached hydrogens (tertiary/aromatic N) is 18. The first-order valence-corrected chi connectivity index (χ1v) is 43.6. The van der Waals surface area contributed by atoms with Crippen LogP contribution in [0.2, 0.25) is 5.02 Å². The van der Waals surface area contributed by atoms with Crippen molar-refractivity contribution in [3.8, 4) is 76.9 Å². The van der Waals surface area contributed by atoms with Crippen LogP contribution in [-0.2, 0) is 6.42 Å². The molecule has 0 aliphatic carbocycles. The molecule has 35 heteroatoms. The van der Waals surface area contributed by atoms with Gasteiger partial charge < -0.3 is 54.7 Å². The summed E-state index contributed by atoms with van der Waals surface area (Å²) in [5.41, 5.74) is 6.11. The Labute approximate surface area is 714 Å². The number of ether oxygens (including phenoxy) is 3. The summed E-state index contributed by atoms with van der Waals surface area (Å²) in [6.45, 7) is 31.6. The van der Waals surface area contributed by atoms with E-state index in [4.69, 9.17) is 25.8 Å². The van der Waals surface area contributed by atoms with Crippen LogP contribution >= 0.6 is 56.9 Å². The molecule has 634 valence electrons. The minimum atomic E-state index is -1.02. The Hall–Kier alpha value is -9.26.